The van der Waals surface area contributed by atoms with E-state index >= 15 is 0 Å². The van der Waals surface area contributed by atoms with Crippen LogP contribution in [0.15, 0.2) is 48.7 Å². The lowest BCUT2D eigenvalue weighted by Crippen LogP contribution is -2.36. The van der Waals surface area contributed by atoms with E-state index in [0.29, 0.717) is 0 Å². The first-order valence-electron chi connectivity index (χ1n) is 12.4. The highest BCUT2D eigenvalue weighted by Crippen LogP contribution is 2.31. The van der Waals surface area contributed by atoms with Gasteiger partial charge >= 0.3 is 0 Å². The van der Waals surface area contributed by atoms with Crippen molar-refractivity contribution in [3.8, 4) is 0 Å². The summed E-state index contributed by atoms with van der Waals surface area (Å²) in [6.07, 6.45) is 4.12. The van der Waals surface area contributed by atoms with E-state index in [1.54, 1.807) is 0 Å². The van der Waals surface area contributed by atoms with Gasteiger partial charge in [-0.2, -0.15) is 11.8 Å². The van der Waals surface area contributed by atoms with Crippen molar-refractivity contribution in [3.05, 3.63) is 70.2 Å². The molecule has 34 heavy (non-hydrogen) atoms. The summed E-state index contributed by atoms with van der Waals surface area (Å²) in [4.78, 5) is 13.6. The second kappa shape index (κ2) is 10.2. The summed E-state index contributed by atoms with van der Waals surface area (Å²) in [6, 6.07) is 16.2. The molecule has 3 aromatic rings. The van der Waals surface area contributed by atoms with Crippen molar-refractivity contribution in [2.45, 2.75) is 19.4 Å². The summed E-state index contributed by atoms with van der Waals surface area (Å²) < 4.78 is 5.53. The minimum absolute atomic E-state index is 0.825. The quantitative estimate of drug-likeness (QED) is 0.514. The third kappa shape index (κ3) is 4.92. The Morgan fingerprint density at radius 2 is 1.56 bits per heavy atom. The van der Waals surface area contributed by atoms with Gasteiger partial charge in [0.15, 0.2) is 5.13 Å². The molecule has 0 atom stereocenters. The van der Waals surface area contributed by atoms with Gasteiger partial charge in [0.1, 0.15) is 0 Å². The van der Waals surface area contributed by atoms with Gasteiger partial charge in [0, 0.05) is 79.6 Å². The molecular weight excluding hydrogens is 460 g/mol. The zero-order chi connectivity index (χ0) is 22.7. The highest BCUT2D eigenvalue weighted by atomic mass is 32.2. The first-order chi connectivity index (χ1) is 16.8. The summed E-state index contributed by atoms with van der Waals surface area (Å²) in [7, 11) is 0. The molecule has 3 aliphatic heterocycles. The van der Waals surface area contributed by atoms with E-state index in [1.807, 2.05) is 11.3 Å². The Bertz CT molecular complexity index is 1100. The Labute approximate surface area is 210 Å². The van der Waals surface area contributed by atoms with Crippen LogP contribution in [0.5, 0.6) is 0 Å². The van der Waals surface area contributed by atoms with Gasteiger partial charge in [-0.1, -0.05) is 18.2 Å². The first-order valence-corrected chi connectivity index (χ1v) is 14.3. The minimum atomic E-state index is 0.825. The van der Waals surface area contributed by atoms with Crippen LogP contribution in [-0.4, -0.2) is 62.4 Å². The maximum Gasteiger partial charge on any atom is 0.185 e. The molecule has 6 rings (SSSR count). The number of thiazole rings is 1. The molecule has 0 aliphatic carbocycles. The number of morpholine rings is 1. The van der Waals surface area contributed by atoms with E-state index in [4.69, 9.17) is 9.72 Å². The van der Waals surface area contributed by atoms with Gasteiger partial charge in [-0.25, -0.2) is 4.98 Å². The van der Waals surface area contributed by atoms with Crippen LogP contribution in [0, 0.1) is 0 Å². The van der Waals surface area contributed by atoms with E-state index in [2.05, 4.69) is 75.1 Å². The number of hydrogen-bond donors (Lipinski definition) is 0. The van der Waals surface area contributed by atoms with Crippen LogP contribution >= 0.6 is 23.1 Å². The van der Waals surface area contributed by atoms with Gasteiger partial charge in [-0.05, 0) is 47.4 Å². The van der Waals surface area contributed by atoms with E-state index < -0.39 is 0 Å². The lowest BCUT2D eigenvalue weighted by Gasteiger charge is -2.32. The molecule has 2 saturated heterocycles. The molecule has 0 N–H and O–H groups in total. The maximum absolute atomic E-state index is 5.53. The molecule has 0 unspecified atom stereocenters. The van der Waals surface area contributed by atoms with E-state index in [-0.39, 0.29) is 0 Å². The number of nitrogens with zero attached hydrogens (tertiary/aromatic N) is 4. The van der Waals surface area contributed by atoms with Crippen LogP contribution in [0.3, 0.4) is 0 Å². The highest BCUT2D eigenvalue weighted by Gasteiger charge is 2.21. The van der Waals surface area contributed by atoms with Crippen LogP contribution in [0.4, 0.5) is 16.5 Å². The van der Waals surface area contributed by atoms with Crippen molar-refractivity contribution in [1.82, 2.24) is 4.98 Å². The fourth-order valence-corrected chi connectivity index (χ4v) is 6.97. The molecule has 5 nitrogen and oxygen atoms in total. The van der Waals surface area contributed by atoms with E-state index in [9.17, 15) is 0 Å². The van der Waals surface area contributed by atoms with Crippen LogP contribution in [0.1, 0.15) is 21.6 Å². The van der Waals surface area contributed by atoms with E-state index in [1.165, 1.54) is 44.4 Å². The lowest BCUT2D eigenvalue weighted by molar-refractivity contribution is 0.122. The summed E-state index contributed by atoms with van der Waals surface area (Å²) in [5.74, 6) is 2.47. The fourth-order valence-electron chi connectivity index (χ4n) is 5.10. The van der Waals surface area contributed by atoms with Crippen molar-refractivity contribution in [2.24, 2.45) is 0 Å². The largest absolute Gasteiger partial charge is 0.378 e. The van der Waals surface area contributed by atoms with E-state index in [0.717, 1.165) is 70.5 Å². The van der Waals surface area contributed by atoms with Crippen molar-refractivity contribution in [3.63, 3.8) is 0 Å². The summed E-state index contributed by atoms with van der Waals surface area (Å²) in [5, 5.41) is 1.15. The Morgan fingerprint density at radius 1 is 0.794 bits per heavy atom. The molecule has 4 heterocycles. The second-order valence-corrected chi connectivity index (χ2v) is 11.6. The van der Waals surface area contributed by atoms with Gasteiger partial charge in [0.2, 0.25) is 0 Å². The highest BCUT2D eigenvalue weighted by molar-refractivity contribution is 7.99. The molecule has 0 saturated carbocycles. The molecule has 0 bridgehead atoms. The van der Waals surface area contributed by atoms with Gasteiger partial charge < -0.3 is 19.4 Å². The van der Waals surface area contributed by atoms with Gasteiger partial charge in [0.25, 0.3) is 0 Å². The smallest absolute Gasteiger partial charge is 0.185 e. The summed E-state index contributed by atoms with van der Waals surface area (Å²) >= 11 is 3.91. The number of hydrogen-bond acceptors (Lipinski definition) is 7. The van der Waals surface area contributed by atoms with Crippen molar-refractivity contribution < 1.29 is 4.74 Å². The number of aromatic nitrogens is 1. The topological polar surface area (TPSA) is 31.8 Å². The normalized spacial score (nSPS) is 18.8. The molecule has 7 heteroatoms. The molecular formula is C27H32N4OS2. The molecule has 3 aliphatic rings. The second-order valence-electron chi connectivity index (χ2n) is 9.28. The summed E-state index contributed by atoms with van der Waals surface area (Å²) in [5.41, 5.74) is 6.98. The van der Waals surface area contributed by atoms with Crippen molar-refractivity contribution in [2.75, 3.05) is 72.1 Å². The van der Waals surface area contributed by atoms with Crippen LogP contribution in [0.25, 0.3) is 0 Å². The Morgan fingerprint density at radius 3 is 2.38 bits per heavy atom. The molecule has 1 aromatic heterocycles. The number of anilines is 3. The van der Waals surface area contributed by atoms with Crippen molar-refractivity contribution in [1.29, 1.82) is 0 Å². The Kier molecular flexibility index (Phi) is 6.66. The van der Waals surface area contributed by atoms with Gasteiger partial charge in [0.05, 0.1) is 13.2 Å². The third-order valence-electron chi connectivity index (χ3n) is 7.08. The predicted molar refractivity (Wildman–Crippen MR) is 145 cm³/mol. The van der Waals surface area contributed by atoms with Crippen LogP contribution in [0.2, 0.25) is 0 Å². The van der Waals surface area contributed by atoms with Gasteiger partial charge in [-0.3, -0.25) is 0 Å². The average molecular weight is 493 g/mol. The molecule has 2 fully saturated rings. The predicted octanol–water partition coefficient (Wildman–Crippen LogP) is 4.69. The molecule has 0 spiro atoms. The number of ether oxygens (including phenoxy) is 1. The Hall–Kier alpha value is -2.22. The zero-order valence-corrected chi connectivity index (χ0v) is 21.3. The average Bonchev–Trinajstić information content (AvgIpc) is 3.38. The SMILES string of the molecule is c1cc(N2CCSCC2)ccc1Cc1cnc(N2CCc3ccc(N4CCOCC4)cc3C2)s1. The number of benzene rings is 2. The third-order valence-corrected chi connectivity index (χ3v) is 9.08. The minimum Gasteiger partial charge on any atom is -0.378 e. The first kappa shape index (κ1) is 22.3. The zero-order valence-electron chi connectivity index (χ0n) is 19.6. The fraction of sp³-hybridized carbons (Fsp3) is 0.444. The molecule has 178 valence electrons. The summed E-state index contributed by atoms with van der Waals surface area (Å²) in [6.45, 7) is 7.93. The maximum atomic E-state index is 5.53. The molecule has 0 radical (unpaired) electrons. The number of thioether (sulfide) groups is 1. The molecule has 0 amide bonds. The lowest BCUT2D eigenvalue weighted by atomic mass is 9.99. The molecule has 2 aromatic carbocycles. The Balaban J connectivity index is 1.11. The van der Waals surface area contributed by atoms with Crippen LogP contribution < -0.4 is 14.7 Å². The monoisotopic (exact) mass is 492 g/mol. The van der Waals surface area contributed by atoms with Crippen molar-refractivity contribution >= 4 is 39.6 Å². The van der Waals surface area contributed by atoms with Gasteiger partial charge in [-0.15, -0.1) is 11.3 Å². The number of fused-ring (bicyclic) bond motifs is 1. The number of rotatable bonds is 5. The standard InChI is InChI=1S/C27H32N4OS2/c1-4-24(30-11-15-33-16-12-30)5-2-21(1)17-26-19-28-27(34-26)31-8-7-22-3-6-25(18-23(22)20-31)29-9-13-32-14-10-29/h1-6,18-19H,7-17,20H2. The van der Waals surface area contributed by atoms with Crippen LogP contribution in [-0.2, 0) is 24.1 Å².